The maximum Gasteiger partial charge on any atom is 0.329 e. The topological polar surface area (TPSA) is 144 Å². The first-order valence-electron chi connectivity index (χ1n) is 12.5. The third kappa shape index (κ3) is 5.57. The van der Waals surface area contributed by atoms with Gasteiger partial charge in [0, 0.05) is 19.1 Å². The molecule has 2 aromatic rings. The molecule has 0 spiro atoms. The third-order valence-electron chi connectivity index (χ3n) is 6.27. The molecule has 37 heavy (non-hydrogen) atoms. The summed E-state index contributed by atoms with van der Waals surface area (Å²) in [6.45, 7) is 9.66. The van der Waals surface area contributed by atoms with E-state index in [4.69, 9.17) is 14.2 Å². The summed E-state index contributed by atoms with van der Waals surface area (Å²) in [6, 6.07) is -0.555. The van der Waals surface area contributed by atoms with E-state index in [9.17, 15) is 9.59 Å². The number of amides is 3. The number of urea groups is 1. The van der Waals surface area contributed by atoms with Crippen LogP contribution in [-0.2, 0) is 9.47 Å². The molecule has 0 unspecified atom stereocenters. The summed E-state index contributed by atoms with van der Waals surface area (Å²) in [4.78, 5) is 47.0. The fourth-order valence-electron chi connectivity index (χ4n) is 4.67. The van der Waals surface area contributed by atoms with Crippen LogP contribution in [0.3, 0.4) is 0 Å². The van der Waals surface area contributed by atoms with E-state index in [1.54, 1.807) is 11.1 Å². The lowest BCUT2D eigenvalue weighted by atomic mass is 10.0. The van der Waals surface area contributed by atoms with Crippen LogP contribution in [0.4, 0.5) is 22.1 Å². The maximum absolute atomic E-state index is 13.4. The summed E-state index contributed by atoms with van der Waals surface area (Å²) < 4.78 is 16.9. The molecule has 2 saturated heterocycles. The Morgan fingerprint density at radius 2 is 2.05 bits per heavy atom. The van der Waals surface area contributed by atoms with E-state index in [-0.39, 0.29) is 42.3 Å². The monoisotopic (exact) mass is 512 g/mol. The molecule has 2 bridgehead atoms. The molecule has 3 aliphatic heterocycles. The van der Waals surface area contributed by atoms with Gasteiger partial charge in [-0.2, -0.15) is 0 Å². The van der Waals surface area contributed by atoms with E-state index in [1.165, 1.54) is 12.4 Å². The first-order valence-corrected chi connectivity index (χ1v) is 12.5. The van der Waals surface area contributed by atoms with Crippen LogP contribution in [0.5, 0.6) is 5.88 Å². The van der Waals surface area contributed by atoms with Crippen molar-refractivity contribution >= 4 is 29.3 Å². The average molecular weight is 513 g/mol. The van der Waals surface area contributed by atoms with Crippen molar-refractivity contribution in [3.8, 4) is 5.88 Å². The zero-order chi connectivity index (χ0) is 26.2. The average Bonchev–Trinajstić information content (AvgIpc) is 3.21. The Kier molecular flexibility index (Phi) is 6.82. The summed E-state index contributed by atoms with van der Waals surface area (Å²) in [5, 5.41) is 5.60. The molecule has 0 aliphatic carbocycles. The molecule has 5 rings (SSSR count). The summed E-state index contributed by atoms with van der Waals surface area (Å²) >= 11 is 0. The second-order valence-corrected chi connectivity index (χ2v) is 10.1. The van der Waals surface area contributed by atoms with Crippen LogP contribution in [0.15, 0.2) is 18.6 Å². The standard InChI is InChI=1S/C24H32N8O5/c1-14(2)28-22(33)20-27-8-17-21(30-20)32(15-6-5-7-31(17)11-15)23(34)29-18-9-26-19(10-25-18)35-12-16-13-36-24(3,4)37-16/h8-10,14-16H,5-7,11-13H2,1-4H3,(H,28,33)(H,25,29,34)/t15-,16-/m0/s1. The SMILES string of the molecule is CC(C)NC(=O)c1ncc2c(n1)N(C(=O)Nc1cnc(OC[C@H]3COC(C)(C)O3)cn1)[C@H]1CCCN2C1. The molecule has 13 nitrogen and oxygen atoms in total. The highest BCUT2D eigenvalue weighted by Crippen LogP contribution is 2.37. The van der Waals surface area contributed by atoms with Crippen molar-refractivity contribution in [2.45, 2.75) is 64.5 Å². The van der Waals surface area contributed by atoms with Crippen molar-refractivity contribution in [2.24, 2.45) is 0 Å². The summed E-state index contributed by atoms with van der Waals surface area (Å²) in [6.07, 6.45) is 6.05. The van der Waals surface area contributed by atoms with Crippen molar-refractivity contribution in [2.75, 3.05) is 41.4 Å². The van der Waals surface area contributed by atoms with E-state index in [1.807, 2.05) is 27.7 Å². The van der Waals surface area contributed by atoms with Crippen LogP contribution >= 0.6 is 0 Å². The number of piperidine rings is 1. The minimum atomic E-state index is -0.625. The lowest BCUT2D eigenvalue weighted by Crippen LogP contribution is -2.56. The zero-order valence-electron chi connectivity index (χ0n) is 21.4. The fraction of sp³-hybridized carbons (Fsp3) is 0.583. The number of fused-ring (bicyclic) bond motifs is 4. The number of ether oxygens (including phenoxy) is 3. The van der Waals surface area contributed by atoms with Crippen LogP contribution in [0.2, 0.25) is 0 Å². The molecule has 3 aliphatic rings. The Hall–Kier alpha value is -3.58. The van der Waals surface area contributed by atoms with E-state index >= 15 is 0 Å². The van der Waals surface area contributed by atoms with Crippen LogP contribution in [0.25, 0.3) is 0 Å². The van der Waals surface area contributed by atoms with Gasteiger partial charge in [-0.05, 0) is 40.5 Å². The van der Waals surface area contributed by atoms with E-state index in [2.05, 4.69) is 35.5 Å². The highest BCUT2D eigenvalue weighted by atomic mass is 16.7. The molecule has 0 aromatic carbocycles. The molecular formula is C24H32N8O5. The Balaban J connectivity index is 1.29. The largest absolute Gasteiger partial charge is 0.474 e. The molecule has 0 saturated carbocycles. The van der Waals surface area contributed by atoms with Gasteiger partial charge in [-0.3, -0.25) is 15.0 Å². The van der Waals surface area contributed by atoms with Gasteiger partial charge in [0.15, 0.2) is 17.4 Å². The number of anilines is 3. The van der Waals surface area contributed by atoms with Crippen molar-refractivity contribution in [1.29, 1.82) is 0 Å². The second-order valence-electron chi connectivity index (χ2n) is 10.1. The van der Waals surface area contributed by atoms with E-state index in [0.717, 1.165) is 25.1 Å². The lowest BCUT2D eigenvalue weighted by Gasteiger charge is -2.45. The fourth-order valence-corrected chi connectivity index (χ4v) is 4.67. The first-order chi connectivity index (χ1) is 17.7. The third-order valence-corrected chi connectivity index (χ3v) is 6.27. The van der Waals surface area contributed by atoms with Crippen molar-refractivity contribution in [3.05, 3.63) is 24.4 Å². The number of nitrogens with zero attached hydrogens (tertiary/aromatic N) is 6. The molecule has 2 atom stereocenters. The number of hydrogen-bond donors (Lipinski definition) is 2. The molecule has 13 heteroatoms. The molecule has 2 fully saturated rings. The van der Waals surface area contributed by atoms with Crippen LogP contribution in [0.1, 0.15) is 51.2 Å². The van der Waals surface area contributed by atoms with Crippen LogP contribution in [0, 0.1) is 0 Å². The molecular weight excluding hydrogens is 480 g/mol. The van der Waals surface area contributed by atoms with Gasteiger partial charge < -0.3 is 24.4 Å². The Bertz CT molecular complexity index is 1160. The minimum absolute atomic E-state index is 0.0211. The molecule has 3 amide bonds. The number of nitrogens with one attached hydrogen (secondary N) is 2. The quantitative estimate of drug-likeness (QED) is 0.589. The Morgan fingerprint density at radius 3 is 2.76 bits per heavy atom. The Morgan fingerprint density at radius 1 is 1.22 bits per heavy atom. The van der Waals surface area contributed by atoms with Crippen molar-refractivity contribution in [3.63, 3.8) is 0 Å². The van der Waals surface area contributed by atoms with Crippen LogP contribution in [-0.4, -0.2) is 82.2 Å². The van der Waals surface area contributed by atoms with Crippen LogP contribution < -0.4 is 25.2 Å². The molecule has 5 heterocycles. The van der Waals surface area contributed by atoms with Gasteiger partial charge in [0.1, 0.15) is 12.7 Å². The number of aromatic nitrogens is 4. The number of carbonyl (C=O) groups is 2. The number of carbonyl (C=O) groups excluding carboxylic acids is 2. The molecule has 198 valence electrons. The van der Waals surface area contributed by atoms with E-state index in [0.29, 0.717) is 24.8 Å². The summed E-state index contributed by atoms with van der Waals surface area (Å²) in [7, 11) is 0. The van der Waals surface area contributed by atoms with Gasteiger partial charge in [-0.1, -0.05) is 0 Å². The van der Waals surface area contributed by atoms with Gasteiger partial charge in [-0.15, -0.1) is 0 Å². The lowest BCUT2D eigenvalue weighted by molar-refractivity contribution is -0.141. The number of hydrogen-bond acceptors (Lipinski definition) is 10. The van der Waals surface area contributed by atoms with Crippen molar-refractivity contribution < 1.29 is 23.8 Å². The maximum atomic E-state index is 13.4. The predicted octanol–water partition coefficient (Wildman–Crippen LogP) is 1.96. The smallest absolute Gasteiger partial charge is 0.329 e. The summed E-state index contributed by atoms with van der Waals surface area (Å²) in [5.74, 6) is 0.0000427. The van der Waals surface area contributed by atoms with Gasteiger partial charge in [0.2, 0.25) is 11.7 Å². The molecule has 2 N–H and O–H groups in total. The predicted molar refractivity (Wildman–Crippen MR) is 134 cm³/mol. The molecule has 0 radical (unpaired) electrons. The first kappa shape index (κ1) is 25.1. The van der Waals surface area contributed by atoms with E-state index < -0.39 is 11.8 Å². The molecule has 2 aromatic heterocycles. The highest BCUT2D eigenvalue weighted by Gasteiger charge is 2.39. The normalized spacial score (nSPS) is 22.0. The summed E-state index contributed by atoms with van der Waals surface area (Å²) in [5.41, 5.74) is 0.725. The highest BCUT2D eigenvalue weighted by molar-refractivity contribution is 6.04. The van der Waals surface area contributed by atoms with Gasteiger partial charge in [0.25, 0.3) is 5.91 Å². The van der Waals surface area contributed by atoms with Crippen molar-refractivity contribution in [1.82, 2.24) is 25.3 Å². The van der Waals surface area contributed by atoms with Gasteiger partial charge >= 0.3 is 6.03 Å². The number of rotatable bonds is 6. The van der Waals surface area contributed by atoms with Gasteiger partial charge in [-0.25, -0.2) is 24.7 Å². The Labute approximate surface area is 214 Å². The zero-order valence-corrected chi connectivity index (χ0v) is 21.4. The minimum Gasteiger partial charge on any atom is -0.474 e. The van der Waals surface area contributed by atoms with Gasteiger partial charge in [0.05, 0.1) is 36.9 Å². The second kappa shape index (κ2) is 10.1.